The van der Waals surface area contributed by atoms with Crippen LogP contribution in [0.5, 0.6) is 11.5 Å². The molecule has 11 heteroatoms. The SMILES string of the molecule is O=S(=O)([O-])C1=C(O)C2CC(O)=C(c3ccc(O)c(O)c3)OC2C=C1O.[Na+]. The largest absolute Gasteiger partial charge is 1.00 e. The van der Waals surface area contributed by atoms with E-state index in [1.165, 1.54) is 12.1 Å². The number of rotatable bonds is 2. The van der Waals surface area contributed by atoms with Crippen molar-refractivity contribution >= 4 is 15.9 Å². The Balaban J connectivity index is 0.00000243. The fourth-order valence-electron chi connectivity index (χ4n) is 2.79. The Hall–Kier alpha value is -1.85. The molecule has 0 radical (unpaired) electrons. The van der Waals surface area contributed by atoms with Crippen LogP contribution in [0.4, 0.5) is 0 Å². The Bertz CT molecular complexity index is 946. The molecule has 2 atom stereocenters. The molecule has 1 aromatic carbocycles. The molecule has 26 heavy (non-hydrogen) atoms. The molecule has 5 N–H and O–H groups in total. The van der Waals surface area contributed by atoms with E-state index in [1.807, 2.05) is 0 Å². The van der Waals surface area contributed by atoms with Crippen LogP contribution in [0.2, 0.25) is 0 Å². The van der Waals surface area contributed by atoms with Crippen LogP contribution in [0.1, 0.15) is 12.0 Å². The van der Waals surface area contributed by atoms with Crippen LogP contribution in [0.25, 0.3) is 5.76 Å². The minimum Gasteiger partial charge on any atom is -0.744 e. The Labute approximate surface area is 170 Å². The van der Waals surface area contributed by atoms with Gasteiger partial charge in [-0.1, -0.05) is 0 Å². The van der Waals surface area contributed by atoms with Gasteiger partial charge in [0.25, 0.3) is 0 Å². The van der Waals surface area contributed by atoms with E-state index >= 15 is 0 Å². The summed E-state index contributed by atoms with van der Waals surface area (Å²) in [6, 6.07) is 3.67. The number of benzene rings is 1. The molecule has 1 aliphatic heterocycles. The summed E-state index contributed by atoms with van der Waals surface area (Å²) in [6.07, 6.45) is -0.370. The molecule has 9 nitrogen and oxygen atoms in total. The van der Waals surface area contributed by atoms with Gasteiger partial charge in [0.15, 0.2) is 17.3 Å². The Kier molecular flexibility index (Phi) is 5.54. The number of aliphatic hydroxyl groups excluding tert-OH is 3. The summed E-state index contributed by atoms with van der Waals surface area (Å²) in [5.74, 6) is -4.19. The van der Waals surface area contributed by atoms with Crippen molar-refractivity contribution in [3.8, 4) is 11.5 Å². The van der Waals surface area contributed by atoms with E-state index in [-0.39, 0.29) is 58.8 Å². The fourth-order valence-corrected chi connectivity index (χ4v) is 3.52. The van der Waals surface area contributed by atoms with Crippen molar-refractivity contribution in [1.82, 2.24) is 0 Å². The maximum absolute atomic E-state index is 11.2. The van der Waals surface area contributed by atoms with Crippen molar-refractivity contribution < 1.29 is 72.8 Å². The average Bonchev–Trinajstić information content (AvgIpc) is 2.49. The second kappa shape index (κ2) is 7.05. The first-order valence-corrected chi connectivity index (χ1v) is 8.41. The van der Waals surface area contributed by atoms with E-state index in [0.29, 0.717) is 0 Å². The topological polar surface area (TPSA) is 168 Å². The zero-order valence-corrected chi connectivity index (χ0v) is 16.3. The van der Waals surface area contributed by atoms with Gasteiger partial charge in [-0.15, -0.1) is 0 Å². The number of allylic oxidation sites excluding steroid dienone is 1. The van der Waals surface area contributed by atoms with Crippen molar-refractivity contribution in [1.29, 1.82) is 0 Å². The molecule has 0 fully saturated rings. The van der Waals surface area contributed by atoms with E-state index in [0.717, 1.165) is 12.1 Å². The number of ether oxygens (including phenoxy) is 1. The van der Waals surface area contributed by atoms with Crippen molar-refractivity contribution in [3.63, 3.8) is 0 Å². The van der Waals surface area contributed by atoms with Crippen LogP contribution in [0.15, 0.2) is 46.5 Å². The van der Waals surface area contributed by atoms with E-state index in [1.54, 1.807) is 0 Å². The quantitative estimate of drug-likeness (QED) is 0.229. The molecule has 1 aromatic rings. The van der Waals surface area contributed by atoms with Crippen LogP contribution >= 0.6 is 0 Å². The summed E-state index contributed by atoms with van der Waals surface area (Å²) in [4.78, 5) is -1.14. The Morgan fingerprint density at radius 1 is 1.08 bits per heavy atom. The smallest absolute Gasteiger partial charge is 0.744 e. The molecule has 0 aromatic heterocycles. The second-order valence-electron chi connectivity index (χ2n) is 5.59. The third-order valence-electron chi connectivity index (χ3n) is 3.95. The van der Waals surface area contributed by atoms with Crippen LogP contribution in [-0.4, -0.2) is 44.6 Å². The number of hydrogen-bond acceptors (Lipinski definition) is 9. The molecule has 0 bridgehead atoms. The summed E-state index contributed by atoms with van der Waals surface area (Å²) in [7, 11) is -5.12. The Morgan fingerprint density at radius 3 is 2.31 bits per heavy atom. The minimum atomic E-state index is -5.12. The molecule has 1 aliphatic carbocycles. The summed E-state index contributed by atoms with van der Waals surface area (Å²) in [5, 5.41) is 48.8. The van der Waals surface area contributed by atoms with E-state index < -0.39 is 44.3 Å². The fraction of sp³-hybridized carbons (Fsp3) is 0.200. The standard InChI is InChI=1S/C15H14O9S.Na/c16-8-2-1-6(3-9(8)17)14-10(18)4-7-12(24-14)5-11(19)15(13(7)20)25(21,22)23;/h1-3,5,7,12,16-20H,4H2,(H,21,22,23);/q;+1/p-1. The molecule has 1 heterocycles. The zero-order chi connectivity index (χ0) is 18.5. The van der Waals surface area contributed by atoms with Gasteiger partial charge < -0.3 is 34.8 Å². The van der Waals surface area contributed by atoms with E-state index in [9.17, 15) is 38.5 Å². The molecule has 2 unspecified atom stereocenters. The van der Waals surface area contributed by atoms with Gasteiger partial charge in [-0.05, 0) is 24.3 Å². The van der Waals surface area contributed by atoms with Crippen LogP contribution in [0, 0.1) is 5.92 Å². The molecule has 3 rings (SSSR count). The molecule has 0 saturated carbocycles. The summed E-state index contributed by atoms with van der Waals surface area (Å²) < 4.78 is 39.0. The molecule has 0 spiro atoms. The number of aliphatic hydroxyl groups is 3. The summed E-state index contributed by atoms with van der Waals surface area (Å²) in [5.41, 5.74) is 0.213. The van der Waals surface area contributed by atoms with Gasteiger partial charge in [-0.25, -0.2) is 8.42 Å². The summed E-state index contributed by atoms with van der Waals surface area (Å²) in [6.45, 7) is 0. The van der Waals surface area contributed by atoms with Crippen LogP contribution in [-0.2, 0) is 14.9 Å². The molecule has 2 aliphatic rings. The van der Waals surface area contributed by atoms with Gasteiger partial charge in [-0.3, -0.25) is 0 Å². The van der Waals surface area contributed by atoms with Crippen molar-refractivity contribution in [2.45, 2.75) is 12.5 Å². The molecule has 0 amide bonds. The van der Waals surface area contributed by atoms with E-state index in [2.05, 4.69) is 0 Å². The first-order chi connectivity index (χ1) is 11.6. The van der Waals surface area contributed by atoms with Crippen LogP contribution < -0.4 is 29.6 Å². The van der Waals surface area contributed by atoms with Gasteiger partial charge >= 0.3 is 29.6 Å². The number of hydrogen-bond donors (Lipinski definition) is 5. The van der Waals surface area contributed by atoms with Gasteiger partial charge in [0.05, 0.1) is 5.92 Å². The maximum Gasteiger partial charge on any atom is 1.00 e. The number of aromatic hydroxyl groups is 2. The van der Waals surface area contributed by atoms with Gasteiger partial charge in [0, 0.05) is 12.0 Å². The average molecular weight is 392 g/mol. The monoisotopic (exact) mass is 392 g/mol. The number of phenols is 2. The van der Waals surface area contributed by atoms with Crippen molar-refractivity contribution in [2.75, 3.05) is 0 Å². The third-order valence-corrected chi connectivity index (χ3v) is 4.87. The molecule has 134 valence electrons. The van der Waals surface area contributed by atoms with Gasteiger partial charge in [0.2, 0.25) is 0 Å². The second-order valence-corrected chi connectivity index (χ2v) is 6.91. The Morgan fingerprint density at radius 2 is 1.73 bits per heavy atom. The van der Waals surface area contributed by atoms with Crippen molar-refractivity contribution in [3.05, 3.63) is 52.0 Å². The predicted octanol–water partition coefficient (Wildman–Crippen LogP) is -1.50. The van der Waals surface area contributed by atoms with Gasteiger partial charge in [-0.2, -0.15) is 0 Å². The zero-order valence-electron chi connectivity index (χ0n) is 13.4. The maximum atomic E-state index is 11.2. The van der Waals surface area contributed by atoms with Gasteiger partial charge in [0.1, 0.15) is 38.4 Å². The first kappa shape index (κ1) is 20.5. The molecule has 0 saturated heterocycles. The third kappa shape index (κ3) is 3.51. The first-order valence-electron chi connectivity index (χ1n) is 7.01. The van der Waals surface area contributed by atoms with Crippen molar-refractivity contribution in [2.24, 2.45) is 5.92 Å². The predicted molar refractivity (Wildman–Crippen MR) is 82.4 cm³/mol. The van der Waals surface area contributed by atoms with Crippen LogP contribution in [0.3, 0.4) is 0 Å². The van der Waals surface area contributed by atoms with E-state index in [4.69, 9.17) is 4.74 Å². The molecular weight excluding hydrogens is 379 g/mol. The normalized spacial score (nSPS) is 22.9. The minimum absolute atomic E-state index is 0. The molecular formula is C15H13NaO9S. The number of fused-ring (bicyclic) bond motifs is 1. The number of phenolic OH excluding ortho intramolecular Hbond substituents is 2. The summed E-state index contributed by atoms with van der Waals surface area (Å²) >= 11 is 0.